The molecule has 0 aliphatic carbocycles. The standard InChI is InChI=1S/C10H9BrClN3O/c1-15-9(5-13-14-15)10(16)7-3-2-6(12)4-8(7)11/h2-5,10,16H,1H3. The molecule has 84 valence electrons. The lowest BCUT2D eigenvalue weighted by atomic mass is 10.1. The summed E-state index contributed by atoms with van der Waals surface area (Å²) in [4.78, 5) is 0. The van der Waals surface area contributed by atoms with Crippen LogP contribution in [0.25, 0.3) is 0 Å². The average Bonchev–Trinajstić information content (AvgIpc) is 2.63. The minimum Gasteiger partial charge on any atom is -0.382 e. The number of aliphatic hydroxyl groups excluding tert-OH is 1. The van der Waals surface area contributed by atoms with E-state index in [0.717, 1.165) is 10.0 Å². The Bertz CT molecular complexity index is 515. The number of hydrogen-bond acceptors (Lipinski definition) is 3. The molecule has 0 fully saturated rings. The van der Waals surface area contributed by atoms with Crippen molar-refractivity contribution in [1.82, 2.24) is 15.0 Å². The SMILES string of the molecule is Cn1nncc1C(O)c1ccc(Cl)cc1Br. The average molecular weight is 303 g/mol. The van der Waals surface area contributed by atoms with Crippen LogP contribution in [0.15, 0.2) is 28.9 Å². The third kappa shape index (κ3) is 2.11. The summed E-state index contributed by atoms with van der Waals surface area (Å²) in [6, 6.07) is 5.24. The van der Waals surface area contributed by atoms with E-state index in [1.807, 2.05) is 0 Å². The molecule has 0 bridgehead atoms. The molecule has 2 rings (SSSR count). The van der Waals surface area contributed by atoms with Gasteiger partial charge in [0.25, 0.3) is 0 Å². The van der Waals surface area contributed by atoms with E-state index < -0.39 is 6.10 Å². The van der Waals surface area contributed by atoms with Crippen LogP contribution in [0.1, 0.15) is 17.4 Å². The zero-order chi connectivity index (χ0) is 11.7. The molecule has 1 heterocycles. The molecule has 0 aliphatic rings. The van der Waals surface area contributed by atoms with Crippen LogP contribution in [-0.2, 0) is 7.05 Å². The summed E-state index contributed by atoms with van der Waals surface area (Å²) in [6.07, 6.45) is 0.762. The van der Waals surface area contributed by atoms with Gasteiger partial charge in [-0.3, -0.25) is 0 Å². The van der Waals surface area contributed by atoms with Gasteiger partial charge in [-0.25, -0.2) is 4.68 Å². The highest BCUT2D eigenvalue weighted by molar-refractivity contribution is 9.10. The first-order valence-corrected chi connectivity index (χ1v) is 5.74. The van der Waals surface area contributed by atoms with Crippen molar-refractivity contribution < 1.29 is 5.11 Å². The molecule has 1 atom stereocenters. The molecule has 0 aliphatic heterocycles. The maximum absolute atomic E-state index is 10.2. The quantitative estimate of drug-likeness (QED) is 0.926. The molecule has 0 saturated heterocycles. The predicted octanol–water partition coefficient (Wildman–Crippen LogP) is 2.31. The van der Waals surface area contributed by atoms with Gasteiger partial charge < -0.3 is 5.11 Å². The highest BCUT2D eigenvalue weighted by Gasteiger charge is 2.17. The lowest BCUT2D eigenvalue weighted by Gasteiger charge is -2.12. The number of benzene rings is 1. The molecule has 6 heteroatoms. The molecule has 0 radical (unpaired) electrons. The second kappa shape index (κ2) is 4.53. The highest BCUT2D eigenvalue weighted by Crippen LogP contribution is 2.29. The molecule has 0 amide bonds. The van der Waals surface area contributed by atoms with E-state index in [0.29, 0.717) is 10.7 Å². The van der Waals surface area contributed by atoms with Crippen LogP contribution < -0.4 is 0 Å². The van der Waals surface area contributed by atoms with Crippen molar-refractivity contribution in [2.24, 2.45) is 7.05 Å². The highest BCUT2D eigenvalue weighted by atomic mass is 79.9. The van der Waals surface area contributed by atoms with Crippen molar-refractivity contribution in [2.75, 3.05) is 0 Å². The van der Waals surface area contributed by atoms with Crippen LogP contribution in [0, 0.1) is 0 Å². The second-order valence-corrected chi connectivity index (χ2v) is 4.64. The summed E-state index contributed by atoms with van der Waals surface area (Å²) >= 11 is 9.20. The molecule has 1 N–H and O–H groups in total. The van der Waals surface area contributed by atoms with E-state index in [1.54, 1.807) is 25.2 Å². The Labute approximate surface area is 106 Å². The van der Waals surface area contributed by atoms with E-state index in [-0.39, 0.29) is 0 Å². The van der Waals surface area contributed by atoms with E-state index in [9.17, 15) is 5.11 Å². The van der Waals surface area contributed by atoms with Gasteiger partial charge in [-0.05, 0) is 12.1 Å². The number of hydrogen-bond donors (Lipinski definition) is 1. The molecule has 0 spiro atoms. The van der Waals surface area contributed by atoms with Gasteiger partial charge in [0.05, 0.1) is 11.9 Å². The van der Waals surface area contributed by atoms with Crippen molar-refractivity contribution in [1.29, 1.82) is 0 Å². The van der Waals surface area contributed by atoms with E-state index in [4.69, 9.17) is 11.6 Å². The normalized spacial score (nSPS) is 12.8. The molecular weight excluding hydrogens is 293 g/mol. The van der Waals surface area contributed by atoms with Gasteiger partial charge in [-0.15, -0.1) is 5.10 Å². The van der Waals surface area contributed by atoms with Gasteiger partial charge in [-0.2, -0.15) is 0 Å². The number of aryl methyl sites for hydroxylation is 1. The molecule has 2 aromatic rings. The van der Waals surface area contributed by atoms with Gasteiger partial charge in [0, 0.05) is 22.1 Å². The smallest absolute Gasteiger partial charge is 0.123 e. The predicted molar refractivity (Wildman–Crippen MR) is 64.2 cm³/mol. The van der Waals surface area contributed by atoms with Gasteiger partial charge >= 0.3 is 0 Å². The molecule has 0 saturated carbocycles. The minimum absolute atomic E-state index is 0.617. The largest absolute Gasteiger partial charge is 0.382 e. The summed E-state index contributed by atoms with van der Waals surface area (Å²) in [5.41, 5.74) is 1.36. The Morgan fingerprint density at radius 3 is 2.81 bits per heavy atom. The maximum atomic E-state index is 10.2. The first kappa shape index (κ1) is 11.6. The molecule has 4 nitrogen and oxygen atoms in total. The molecule has 1 unspecified atom stereocenters. The van der Waals surface area contributed by atoms with Crippen LogP contribution in [0.3, 0.4) is 0 Å². The number of aromatic nitrogens is 3. The number of halogens is 2. The molecule has 16 heavy (non-hydrogen) atoms. The van der Waals surface area contributed by atoms with Crippen LogP contribution in [0.2, 0.25) is 5.02 Å². The van der Waals surface area contributed by atoms with Crippen molar-refractivity contribution in [3.05, 3.63) is 45.1 Å². The Morgan fingerprint density at radius 2 is 2.25 bits per heavy atom. The maximum Gasteiger partial charge on any atom is 0.123 e. The zero-order valence-corrected chi connectivity index (χ0v) is 10.8. The molecule has 1 aromatic carbocycles. The van der Waals surface area contributed by atoms with Crippen molar-refractivity contribution in [2.45, 2.75) is 6.10 Å². The van der Waals surface area contributed by atoms with Gasteiger partial charge in [0.1, 0.15) is 6.10 Å². The fourth-order valence-electron chi connectivity index (χ4n) is 1.43. The van der Waals surface area contributed by atoms with Gasteiger partial charge in [-0.1, -0.05) is 38.8 Å². The third-order valence-corrected chi connectivity index (χ3v) is 3.21. The lowest BCUT2D eigenvalue weighted by Crippen LogP contribution is -2.07. The van der Waals surface area contributed by atoms with Crippen molar-refractivity contribution in [3.63, 3.8) is 0 Å². The monoisotopic (exact) mass is 301 g/mol. The number of nitrogens with zero attached hydrogens (tertiary/aromatic N) is 3. The molecule has 1 aromatic heterocycles. The summed E-state index contributed by atoms with van der Waals surface area (Å²) in [6.45, 7) is 0. The van der Waals surface area contributed by atoms with Crippen LogP contribution in [-0.4, -0.2) is 20.1 Å². The van der Waals surface area contributed by atoms with E-state index in [2.05, 4.69) is 26.2 Å². The Balaban J connectivity index is 2.41. The summed E-state index contributed by atoms with van der Waals surface area (Å²) in [5.74, 6) is 0. The fourth-order valence-corrected chi connectivity index (χ4v) is 2.33. The van der Waals surface area contributed by atoms with Gasteiger partial charge in [0.15, 0.2) is 0 Å². The third-order valence-electron chi connectivity index (χ3n) is 2.29. The molecular formula is C10H9BrClN3O. The van der Waals surface area contributed by atoms with E-state index in [1.165, 1.54) is 10.9 Å². The second-order valence-electron chi connectivity index (χ2n) is 3.35. The van der Waals surface area contributed by atoms with Crippen LogP contribution >= 0.6 is 27.5 Å². The first-order valence-electron chi connectivity index (χ1n) is 4.57. The van der Waals surface area contributed by atoms with Gasteiger partial charge in [0.2, 0.25) is 0 Å². The lowest BCUT2D eigenvalue weighted by molar-refractivity contribution is 0.209. The van der Waals surface area contributed by atoms with Crippen LogP contribution in [0.5, 0.6) is 0 Å². The Morgan fingerprint density at radius 1 is 1.50 bits per heavy atom. The fraction of sp³-hybridized carbons (Fsp3) is 0.200. The summed E-state index contributed by atoms with van der Waals surface area (Å²) in [7, 11) is 1.73. The number of rotatable bonds is 2. The first-order chi connectivity index (χ1) is 7.59. The minimum atomic E-state index is -0.772. The Kier molecular flexibility index (Phi) is 3.28. The van der Waals surface area contributed by atoms with Crippen molar-refractivity contribution in [3.8, 4) is 0 Å². The van der Waals surface area contributed by atoms with Crippen molar-refractivity contribution >= 4 is 27.5 Å². The van der Waals surface area contributed by atoms with Crippen LogP contribution in [0.4, 0.5) is 0 Å². The summed E-state index contributed by atoms with van der Waals surface area (Å²) < 4.78 is 2.29. The summed E-state index contributed by atoms with van der Waals surface area (Å²) in [5, 5.41) is 18.3. The number of aliphatic hydroxyl groups is 1. The van der Waals surface area contributed by atoms with E-state index >= 15 is 0 Å². The Hall–Kier alpha value is -0.910. The zero-order valence-electron chi connectivity index (χ0n) is 8.43. The topological polar surface area (TPSA) is 50.9 Å².